The number of carbonyl (C=O) groups is 3. The molecule has 9 heteroatoms. The van der Waals surface area contributed by atoms with Gasteiger partial charge in [0.05, 0.1) is 24.0 Å². The Morgan fingerprint density at radius 3 is 2.03 bits per heavy atom. The standard InChI is InChI=1S/C50H81N3O6/c1-8-10-11-12-13-14-15-16-17-18-19-20-21-22-23-24-25-26-46(56)51-31-33-53(7)34-32-52-47(57)38-43(55)37-42(54)29-30-44-40(4)27-28-41-35-39(3)36-45(48(41)44)59-49(58)50(5,6)9-2/h10-11,13-14,16-17,19-20,22-23,27-28,35,39-40,42-45,48,54-55H,8-9,12,15,18,21,24-26,29-34,36-38H2,1-7H3,(H,51,56)(H,52,57)/b11-10-,14-13-,17-16-,20-19-,23-22-/t39-,40-,42-,43+,44-,45?,48?/m0/s1. The number of nitrogens with one attached hydrogen (secondary N) is 2. The number of aliphatic hydroxyl groups excluding tert-OH is 2. The van der Waals surface area contributed by atoms with E-state index < -0.39 is 17.6 Å². The number of esters is 1. The van der Waals surface area contributed by atoms with E-state index in [4.69, 9.17) is 4.74 Å². The minimum atomic E-state index is -0.946. The van der Waals surface area contributed by atoms with Gasteiger partial charge < -0.3 is 30.5 Å². The van der Waals surface area contributed by atoms with Gasteiger partial charge in [0.1, 0.15) is 6.10 Å². The first kappa shape index (κ1) is 51.6. The fourth-order valence-electron chi connectivity index (χ4n) is 7.57. The van der Waals surface area contributed by atoms with Gasteiger partial charge in [-0.1, -0.05) is 107 Å². The molecule has 0 saturated heterocycles. The number of carbonyl (C=O) groups excluding carboxylic acids is 3. The number of hydrogen-bond acceptors (Lipinski definition) is 7. The third-order valence-corrected chi connectivity index (χ3v) is 11.7. The molecule has 0 heterocycles. The lowest BCUT2D eigenvalue weighted by molar-refractivity contribution is -0.164. The normalized spacial score (nSPS) is 22.1. The van der Waals surface area contributed by atoms with E-state index in [0.717, 1.165) is 57.8 Å². The molecule has 0 radical (unpaired) electrons. The highest BCUT2D eigenvalue weighted by Crippen LogP contribution is 2.45. The molecule has 0 spiro atoms. The maximum absolute atomic E-state index is 13.1. The molecule has 0 aliphatic heterocycles. The van der Waals surface area contributed by atoms with Crippen molar-refractivity contribution in [3.05, 3.63) is 84.6 Å². The summed E-state index contributed by atoms with van der Waals surface area (Å²) in [6.07, 6.45) is 36.5. The molecule has 0 saturated carbocycles. The van der Waals surface area contributed by atoms with Gasteiger partial charge >= 0.3 is 5.97 Å². The van der Waals surface area contributed by atoms with E-state index in [0.29, 0.717) is 51.4 Å². The Morgan fingerprint density at radius 1 is 0.864 bits per heavy atom. The zero-order valence-corrected chi connectivity index (χ0v) is 37.7. The van der Waals surface area contributed by atoms with Gasteiger partial charge in [-0.25, -0.2) is 0 Å². The highest BCUT2D eigenvalue weighted by atomic mass is 16.5. The third kappa shape index (κ3) is 22.0. The zero-order valence-electron chi connectivity index (χ0n) is 37.7. The number of nitrogens with zero attached hydrogens (tertiary/aromatic N) is 1. The van der Waals surface area contributed by atoms with E-state index in [2.05, 4.69) is 110 Å². The number of ether oxygens (including phenoxy) is 1. The lowest BCUT2D eigenvalue weighted by atomic mass is 9.65. The number of unbranched alkanes of at least 4 members (excludes halogenated alkanes) is 1. The van der Waals surface area contributed by atoms with E-state index in [1.165, 1.54) is 5.57 Å². The summed E-state index contributed by atoms with van der Waals surface area (Å²) in [5, 5.41) is 27.4. The molecule has 2 rings (SSSR count). The summed E-state index contributed by atoms with van der Waals surface area (Å²) >= 11 is 0. The Morgan fingerprint density at radius 2 is 1.44 bits per heavy atom. The quantitative estimate of drug-likeness (QED) is 0.0337. The van der Waals surface area contributed by atoms with Crippen LogP contribution in [0.2, 0.25) is 0 Å². The SMILES string of the molecule is CC/C=C\C/C=C\C/C=C\C/C=C\C/C=C\CCCC(=O)NCCN(C)CCNC(=O)C[C@H](O)C[C@@H](O)CC[C@@H]1C2C(=C[C@H](C)CC2OC(=O)C(C)(C)CC)C=C[C@@H]1C. The van der Waals surface area contributed by atoms with Crippen molar-refractivity contribution in [3.8, 4) is 0 Å². The number of hydrogen-bond donors (Lipinski definition) is 4. The molecule has 2 amide bonds. The van der Waals surface area contributed by atoms with E-state index in [-0.39, 0.29) is 54.5 Å². The van der Waals surface area contributed by atoms with Crippen molar-refractivity contribution >= 4 is 17.8 Å². The molecule has 0 aromatic rings. The average Bonchev–Trinajstić information content (AvgIpc) is 3.18. The van der Waals surface area contributed by atoms with Crippen molar-refractivity contribution in [1.29, 1.82) is 0 Å². The second-order valence-electron chi connectivity index (χ2n) is 17.4. The topological polar surface area (TPSA) is 128 Å². The van der Waals surface area contributed by atoms with Crippen LogP contribution < -0.4 is 10.6 Å². The molecule has 2 aliphatic rings. The molecule has 332 valence electrons. The van der Waals surface area contributed by atoms with Crippen LogP contribution in [-0.4, -0.2) is 84.4 Å². The number of allylic oxidation sites excluding steroid dienone is 13. The van der Waals surface area contributed by atoms with Crippen molar-refractivity contribution in [3.63, 3.8) is 0 Å². The van der Waals surface area contributed by atoms with Crippen molar-refractivity contribution < 1.29 is 29.3 Å². The highest BCUT2D eigenvalue weighted by molar-refractivity contribution is 5.77. The molecule has 2 aliphatic carbocycles. The number of fused-ring (bicyclic) bond motifs is 1. The van der Waals surface area contributed by atoms with Gasteiger partial charge in [-0.05, 0) is 121 Å². The number of amides is 2. The van der Waals surface area contributed by atoms with Crippen LogP contribution in [0.3, 0.4) is 0 Å². The second kappa shape index (κ2) is 29.7. The van der Waals surface area contributed by atoms with E-state index >= 15 is 0 Å². The Balaban J connectivity index is 1.57. The van der Waals surface area contributed by atoms with Crippen molar-refractivity contribution in [2.45, 2.75) is 150 Å². The summed E-state index contributed by atoms with van der Waals surface area (Å²) in [6.45, 7) is 14.6. The lowest BCUT2D eigenvalue weighted by Gasteiger charge is -2.44. The van der Waals surface area contributed by atoms with Gasteiger partial charge in [0.25, 0.3) is 0 Å². The van der Waals surface area contributed by atoms with E-state index in [1.54, 1.807) is 0 Å². The van der Waals surface area contributed by atoms with Gasteiger partial charge in [-0.15, -0.1) is 0 Å². The minimum Gasteiger partial charge on any atom is -0.461 e. The van der Waals surface area contributed by atoms with Crippen LogP contribution in [0, 0.1) is 29.1 Å². The second-order valence-corrected chi connectivity index (χ2v) is 17.4. The Labute approximate surface area is 358 Å². The minimum absolute atomic E-state index is 0.0479. The number of rotatable bonds is 29. The van der Waals surface area contributed by atoms with Crippen LogP contribution >= 0.6 is 0 Å². The largest absolute Gasteiger partial charge is 0.461 e. The summed E-state index contributed by atoms with van der Waals surface area (Å²) in [6, 6.07) is 0. The highest BCUT2D eigenvalue weighted by Gasteiger charge is 2.43. The van der Waals surface area contributed by atoms with Gasteiger partial charge in [0, 0.05) is 38.5 Å². The molecule has 2 unspecified atom stereocenters. The first-order chi connectivity index (χ1) is 28.3. The van der Waals surface area contributed by atoms with E-state index in [9.17, 15) is 24.6 Å². The van der Waals surface area contributed by atoms with Gasteiger partial charge in [-0.3, -0.25) is 14.4 Å². The molecular weight excluding hydrogens is 739 g/mol. The molecule has 4 N–H and O–H groups in total. The Kier molecular flexibility index (Phi) is 25.9. The molecule has 7 atom stereocenters. The van der Waals surface area contributed by atoms with Crippen LogP contribution in [0.5, 0.6) is 0 Å². The summed E-state index contributed by atoms with van der Waals surface area (Å²) in [4.78, 5) is 40.0. The lowest BCUT2D eigenvalue weighted by Crippen LogP contribution is -2.43. The predicted molar refractivity (Wildman–Crippen MR) is 243 cm³/mol. The van der Waals surface area contributed by atoms with Crippen LogP contribution in [0.25, 0.3) is 0 Å². The van der Waals surface area contributed by atoms with Crippen LogP contribution in [0.4, 0.5) is 0 Å². The fourth-order valence-corrected chi connectivity index (χ4v) is 7.57. The van der Waals surface area contributed by atoms with Gasteiger partial charge in [0.2, 0.25) is 11.8 Å². The fraction of sp³-hybridized carbons (Fsp3) is 0.660. The smallest absolute Gasteiger partial charge is 0.311 e. The molecule has 0 bridgehead atoms. The molecule has 0 fully saturated rings. The monoisotopic (exact) mass is 820 g/mol. The Hall–Kier alpha value is -3.53. The summed E-state index contributed by atoms with van der Waals surface area (Å²) in [7, 11) is 1.94. The van der Waals surface area contributed by atoms with Crippen molar-refractivity contribution in [2.24, 2.45) is 29.1 Å². The molecule has 0 aromatic carbocycles. The molecule has 59 heavy (non-hydrogen) atoms. The van der Waals surface area contributed by atoms with Crippen LogP contribution in [-0.2, 0) is 19.1 Å². The van der Waals surface area contributed by atoms with Crippen molar-refractivity contribution in [1.82, 2.24) is 15.5 Å². The maximum atomic E-state index is 13.1. The van der Waals surface area contributed by atoms with Gasteiger partial charge in [0.15, 0.2) is 0 Å². The number of likely N-dealkylation sites (N-methyl/N-ethyl adjacent to an activating group) is 1. The first-order valence-electron chi connectivity index (χ1n) is 22.7. The third-order valence-electron chi connectivity index (χ3n) is 11.7. The Bertz CT molecular complexity index is 1440. The summed E-state index contributed by atoms with van der Waals surface area (Å²) in [5.41, 5.74) is 0.673. The summed E-state index contributed by atoms with van der Waals surface area (Å²) in [5.74, 6) is 0.476. The predicted octanol–water partition coefficient (Wildman–Crippen LogP) is 9.11. The average molecular weight is 820 g/mol. The molecular formula is C50H81N3O6. The molecule has 0 aromatic heterocycles. The maximum Gasteiger partial charge on any atom is 0.311 e. The van der Waals surface area contributed by atoms with Crippen molar-refractivity contribution in [2.75, 3.05) is 33.2 Å². The first-order valence-corrected chi connectivity index (χ1v) is 22.7. The summed E-state index contributed by atoms with van der Waals surface area (Å²) < 4.78 is 6.22. The zero-order chi connectivity index (χ0) is 43.5. The van der Waals surface area contributed by atoms with Gasteiger partial charge in [-0.2, -0.15) is 0 Å². The van der Waals surface area contributed by atoms with Crippen LogP contribution in [0.15, 0.2) is 84.6 Å². The number of aliphatic hydroxyl groups is 2. The van der Waals surface area contributed by atoms with E-state index in [1.807, 2.05) is 32.7 Å². The molecule has 9 nitrogen and oxygen atoms in total. The van der Waals surface area contributed by atoms with Crippen LogP contribution in [0.1, 0.15) is 131 Å².